The Labute approximate surface area is 148 Å². The van der Waals surface area contributed by atoms with Crippen LogP contribution < -0.4 is 10.6 Å². The van der Waals surface area contributed by atoms with Crippen molar-refractivity contribution >= 4 is 6.03 Å². The van der Waals surface area contributed by atoms with Gasteiger partial charge in [0, 0.05) is 18.9 Å². The van der Waals surface area contributed by atoms with Crippen LogP contribution in [0.1, 0.15) is 44.2 Å². The van der Waals surface area contributed by atoms with Crippen molar-refractivity contribution in [2.75, 3.05) is 6.54 Å². The first-order valence-electron chi connectivity index (χ1n) is 8.83. The maximum absolute atomic E-state index is 12.1. The summed E-state index contributed by atoms with van der Waals surface area (Å²) in [5, 5.41) is 16.0. The van der Waals surface area contributed by atoms with Crippen molar-refractivity contribution < 1.29 is 9.90 Å². The van der Waals surface area contributed by atoms with Gasteiger partial charge in [0.1, 0.15) is 0 Å². The quantitative estimate of drug-likeness (QED) is 0.781. The Balaban J connectivity index is 1.54. The van der Waals surface area contributed by atoms with E-state index in [1.54, 1.807) is 12.4 Å². The van der Waals surface area contributed by atoms with E-state index in [1.165, 1.54) is 0 Å². The number of nitrogens with one attached hydrogen (secondary N) is 2. The average Bonchev–Trinajstić information content (AvgIpc) is 3.08. The molecule has 1 saturated carbocycles. The van der Waals surface area contributed by atoms with Crippen molar-refractivity contribution in [1.29, 1.82) is 0 Å². The first-order chi connectivity index (χ1) is 12.1. The second-order valence-electron chi connectivity index (χ2n) is 6.84. The summed E-state index contributed by atoms with van der Waals surface area (Å²) in [6.07, 6.45) is 7.13. The van der Waals surface area contributed by atoms with Gasteiger partial charge in [0.25, 0.3) is 0 Å². The van der Waals surface area contributed by atoms with Gasteiger partial charge < -0.3 is 15.7 Å². The Morgan fingerprint density at radius 2 is 1.72 bits per heavy atom. The summed E-state index contributed by atoms with van der Waals surface area (Å²) in [6.45, 7) is 2.26. The molecule has 1 aromatic carbocycles. The first kappa shape index (κ1) is 17.4. The summed E-state index contributed by atoms with van der Waals surface area (Å²) < 4.78 is 0. The molecule has 3 N–H and O–H groups in total. The second kappa shape index (κ2) is 7.66. The molecule has 0 spiro atoms. The van der Waals surface area contributed by atoms with E-state index in [0.717, 1.165) is 42.4 Å². The van der Waals surface area contributed by atoms with Crippen LogP contribution in [0.5, 0.6) is 0 Å². The molecule has 2 amide bonds. The van der Waals surface area contributed by atoms with E-state index in [-0.39, 0.29) is 12.1 Å². The predicted molar refractivity (Wildman–Crippen MR) is 98.0 cm³/mol. The highest BCUT2D eigenvalue weighted by Crippen LogP contribution is 2.28. The number of nitrogens with zero attached hydrogens (tertiary/aromatic N) is 1. The SMILES string of the molecule is CC(NC(=O)NCC1(O)CCCC1)c1ccc(-c2ccncc2)cc1. The molecule has 1 unspecified atom stereocenters. The van der Waals surface area contributed by atoms with Gasteiger partial charge in [-0.25, -0.2) is 4.79 Å². The number of hydrogen-bond acceptors (Lipinski definition) is 3. The van der Waals surface area contributed by atoms with E-state index < -0.39 is 5.60 Å². The number of carbonyl (C=O) groups is 1. The van der Waals surface area contributed by atoms with Gasteiger partial charge in [-0.05, 0) is 48.6 Å². The zero-order chi connectivity index (χ0) is 17.7. The minimum Gasteiger partial charge on any atom is -0.388 e. The van der Waals surface area contributed by atoms with E-state index in [9.17, 15) is 9.90 Å². The fourth-order valence-electron chi connectivity index (χ4n) is 3.29. The third-order valence-corrected chi connectivity index (χ3v) is 4.88. The Morgan fingerprint density at radius 3 is 2.36 bits per heavy atom. The van der Waals surface area contributed by atoms with Gasteiger partial charge in [0.15, 0.2) is 0 Å². The van der Waals surface area contributed by atoms with Crippen LogP contribution in [-0.2, 0) is 0 Å². The number of benzene rings is 1. The van der Waals surface area contributed by atoms with Crippen LogP contribution >= 0.6 is 0 Å². The second-order valence-corrected chi connectivity index (χ2v) is 6.84. The number of urea groups is 1. The molecule has 0 aliphatic heterocycles. The minimum atomic E-state index is -0.729. The summed E-state index contributed by atoms with van der Waals surface area (Å²) >= 11 is 0. The van der Waals surface area contributed by atoms with Gasteiger partial charge in [0.2, 0.25) is 0 Å². The molecule has 132 valence electrons. The lowest BCUT2D eigenvalue weighted by atomic mass is 10.0. The van der Waals surface area contributed by atoms with Crippen molar-refractivity contribution in [3.63, 3.8) is 0 Å². The predicted octanol–water partition coefficient (Wildman–Crippen LogP) is 3.41. The molecular formula is C20H25N3O2. The average molecular weight is 339 g/mol. The van der Waals surface area contributed by atoms with Gasteiger partial charge in [0.05, 0.1) is 11.6 Å². The molecule has 0 bridgehead atoms. The zero-order valence-corrected chi connectivity index (χ0v) is 14.5. The van der Waals surface area contributed by atoms with Crippen molar-refractivity contribution in [3.8, 4) is 11.1 Å². The van der Waals surface area contributed by atoms with Crippen LogP contribution in [0.25, 0.3) is 11.1 Å². The molecular weight excluding hydrogens is 314 g/mol. The maximum atomic E-state index is 12.1. The van der Waals surface area contributed by atoms with Crippen molar-refractivity contribution in [2.45, 2.75) is 44.2 Å². The van der Waals surface area contributed by atoms with E-state index in [2.05, 4.69) is 15.6 Å². The number of carbonyl (C=O) groups excluding carboxylic acids is 1. The van der Waals surface area contributed by atoms with Crippen LogP contribution in [0.15, 0.2) is 48.8 Å². The molecule has 1 heterocycles. The fourth-order valence-corrected chi connectivity index (χ4v) is 3.29. The molecule has 3 rings (SSSR count). The third kappa shape index (κ3) is 4.57. The molecule has 1 aliphatic carbocycles. The molecule has 25 heavy (non-hydrogen) atoms. The number of amides is 2. The van der Waals surface area contributed by atoms with Crippen molar-refractivity contribution in [1.82, 2.24) is 15.6 Å². The molecule has 0 radical (unpaired) electrons. The normalized spacial score (nSPS) is 17.0. The zero-order valence-electron chi connectivity index (χ0n) is 14.5. The smallest absolute Gasteiger partial charge is 0.315 e. The number of pyridine rings is 1. The van der Waals surface area contributed by atoms with Crippen LogP contribution in [0.2, 0.25) is 0 Å². The highest BCUT2D eigenvalue weighted by Gasteiger charge is 2.31. The van der Waals surface area contributed by atoms with Crippen molar-refractivity contribution in [2.24, 2.45) is 0 Å². The van der Waals surface area contributed by atoms with Gasteiger partial charge >= 0.3 is 6.03 Å². The van der Waals surface area contributed by atoms with Gasteiger partial charge in [-0.3, -0.25) is 4.98 Å². The minimum absolute atomic E-state index is 0.107. The highest BCUT2D eigenvalue weighted by molar-refractivity contribution is 5.74. The van der Waals surface area contributed by atoms with Gasteiger partial charge in [-0.1, -0.05) is 37.1 Å². The Morgan fingerprint density at radius 1 is 1.12 bits per heavy atom. The largest absolute Gasteiger partial charge is 0.388 e. The number of rotatable bonds is 5. The van der Waals surface area contributed by atoms with Gasteiger partial charge in [-0.2, -0.15) is 0 Å². The third-order valence-electron chi connectivity index (χ3n) is 4.88. The molecule has 0 saturated heterocycles. The standard InChI is InChI=1S/C20H25N3O2/c1-15(23-19(24)22-14-20(25)10-2-3-11-20)16-4-6-17(7-5-16)18-8-12-21-13-9-18/h4-9,12-13,15,25H,2-3,10-11,14H2,1H3,(H2,22,23,24). The maximum Gasteiger partial charge on any atom is 0.315 e. The molecule has 5 heteroatoms. The highest BCUT2D eigenvalue weighted by atomic mass is 16.3. The first-order valence-corrected chi connectivity index (χ1v) is 8.83. The van der Waals surface area contributed by atoms with Crippen LogP contribution in [0, 0.1) is 0 Å². The fraction of sp³-hybridized carbons (Fsp3) is 0.400. The summed E-state index contributed by atoms with van der Waals surface area (Å²) in [4.78, 5) is 16.1. The summed E-state index contributed by atoms with van der Waals surface area (Å²) in [7, 11) is 0. The number of aliphatic hydroxyl groups is 1. The lowest BCUT2D eigenvalue weighted by molar-refractivity contribution is 0.0500. The lowest BCUT2D eigenvalue weighted by Crippen LogP contribution is -2.45. The van der Waals surface area contributed by atoms with E-state index in [0.29, 0.717) is 6.54 Å². The van der Waals surface area contributed by atoms with Crippen LogP contribution in [0.3, 0.4) is 0 Å². The number of hydrogen-bond donors (Lipinski definition) is 3. The van der Waals surface area contributed by atoms with E-state index in [1.807, 2.05) is 43.3 Å². The van der Waals surface area contributed by atoms with Crippen molar-refractivity contribution in [3.05, 3.63) is 54.4 Å². The van der Waals surface area contributed by atoms with Crippen LogP contribution in [-0.4, -0.2) is 28.3 Å². The molecule has 1 atom stereocenters. The molecule has 1 aromatic heterocycles. The molecule has 1 fully saturated rings. The number of aromatic nitrogens is 1. The van der Waals surface area contributed by atoms with Crippen LogP contribution in [0.4, 0.5) is 4.79 Å². The topological polar surface area (TPSA) is 74.2 Å². The molecule has 5 nitrogen and oxygen atoms in total. The van der Waals surface area contributed by atoms with E-state index >= 15 is 0 Å². The molecule has 1 aliphatic rings. The lowest BCUT2D eigenvalue weighted by Gasteiger charge is -2.23. The Bertz CT molecular complexity index is 695. The molecule has 2 aromatic rings. The Kier molecular flexibility index (Phi) is 5.34. The summed E-state index contributed by atoms with van der Waals surface area (Å²) in [5.74, 6) is 0. The van der Waals surface area contributed by atoms with E-state index in [4.69, 9.17) is 0 Å². The summed E-state index contributed by atoms with van der Waals surface area (Å²) in [5.41, 5.74) is 2.54. The Hall–Kier alpha value is -2.40. The van der Waals surface area contributed by atoms with Gasteiger partial charge in [-0.15, -0.1) is 0 Å². The monoisotopic (exact) mass is 339 g/mol. The summed E-state index contributed by atoms with van der Waals surface area (Å²) in [6, 6.07) is 11.7.